The number of carbonyl (C=O) groups is 1. The molecule has 1 aromatic heterocycles. The van der Waals surface area contributed by atoms with Crippen LogP contribution in [0.3, 0.4) is 0 Å². The number of aliphatic hydroxyl groups is 1. The van der Waals surface area contributed by atoms with Crippen LogP contribution >= 0.6 is 0 Å². The Morgan fingerprint density at radius 2 is 2.12 bits per heavy atom. The van der Waals surface area contributed by atoms with Crippen molar-refractivity contribution in [3.63, 3.8) is 0 Å². The first kappa shape index (κ1) is 18.4. The molecule has 2 aromatic rings. The molecule has 2 N–H and O–H groups in total. The second-order valence-corrected chi connectivity index (χ2v) is 8.50. The van der Waals surface area contributed by atoms with E-state index in [1.807, 2.05) is 0 Å². The van der Waals surface area contributed by atoms with Gasteiger partial charge in [0.25, 0.3) is 0 Å². The highest BCUT2D eigenvalue weighted by atomic mass is 32.2. The first-order valence-corrected chi connectivity index (χ1v) is 9.80. The number of methoxy groups -OCH3 is 1. The summed E-state index contributed by atoms with van der Waals surface area (Å²) in [5, 5.41) is 12.9. The molecule has 3 rings (SSSR count). The maximum absolute atomic E-state index is 12.3. The van der Waals surface area contributed by atoms with Crippen molar-refractivity contribution in [2.45, 2.75) is 25.5 Å². The lowest BCUT2D eigenvalue weighted by molar-refractivity contribution is -0.121. The number of carbonyl (C=O) groups excluding carboxylic acids is 1. The second kappa shape index (κ2) is 6.73. The lowest BCUT2D eigenvalue weighted by Crippen LogP contribution is -2.43. The average molecular weight is 381 g/mol. The van der Waals surface area contributed by atoms with Crippen LogP contribution in [0.5, 0.6) is 5.75 Å². The van der Waals surface area contributed by atoms with Crippen molar-refractivity contribution in [2.24, 2.45) is 0 Å². The molecule has 0 aliphatic carbocycles. The number of fused-ring (bicyclic) bond motifs is 1. The van der Waals surface area contributed by atoms with Gasteiger partial charge in [0.1, 0.15) is 11.3 Å². The molecule has 0 unspecified atom stereocenters. The van der Waals surface area contributed by atoms with E-state index in [9.17, 15) is 23.1 Å². The topological polar surface area (TPSA) is 123 Å². The monoisotopic (exact) mass is 381 g/mol. The third-order valence-electron chi connectivity index (χ3n) is 4.50. The number of aryl methyl sites for hydroxylation is 1. The molecule has 1 amide bonds. The Kier molecular flexibility index (Phi) is 4.76. The van der Waals surface area contributed by atoms with Crippen molar-refractivity contribution < 1.29 is 27.5 Å². The van der Waals surface area contributed by atoms with Gasteiger partial charge in [-0.2, -0.15) is 0 Å². The van der Waals surface area contributed by atoms with Crippen molar-refractivity contribution in [3.8, 4) is 5.75 Å². The zero-order chi connectivity index (χ0) is 19.1. The number of aliphatic hydroxyl groups excluding tert-OH is 1. The molecular formula is C17H19NO7S. The van der Waals surface area contributed by atoms with Crippen molar-refractivity contribution in [2.75, 3.05) is 18.6 Å². The third-order valence-corrected chi connectivity index (χ3v) is 6.22. The zero-order valence-corrected chi connectivity index (χ0v) is 15.1. The summed E-state index contributed by atoms with van der Waals surface area (Å²) in [7, 11) is -1.87. The number of nitrogens with one attached hydrogen (secondary N) is 1. The lowest BCUT2D eigenvalue weighted by Gasteiger charge is -2.15. The van der Waals surface area contributed by atoms with Gasteiger partial charge in [0.2, 0.25) is 5.91 Å². The summed E-state index contributed by atoms with van der Waals surface area (Å²) < 4.78 is 33.4. The van der Waals surface area contributed by atoms with E-state index in [4.69, 9.17) is 9.15 Å². The fourth-order valence-corrected chi connectivity index (χ4v) is 4.83. The van der Waals surface area contributed by atoms with E-state index in [1.54, 1.807) is 25.1 Å². The molecule has 0 radical (unpaired) electrons. The first-order chi connectivity index (χ1) is 12.2. The summed E-state index contributed by atoms with van der Waals surface area (Å²) in [6.45, 7) is 1.71. The predicted molar refractivity (Wildman–Crippen MR) is 94.1 cm³/mol. The Hall–Kier alpha value is -2.39. The molecule has 1 saturated heterocycles. The quantitative estimate of drug-likeness (QED) is 0.711. The standard InChI is InChI=1S/C17H19NO7S/c1-9-11-4-3-10(24-2)5-15(11)25-17(21)12(9)6-16(20)18-13-7-26(22,23)8-14(13)19/h3-5,13-14,19H,6-8H2,1-2H3,(H,18,20)/t13-,14+/m0/s1. The van der Waals surface area contributed by atoms with Crippen LogP contribution < -0.4 is 15.7 Å². The van der Waals surface area contributed by atoms with Gasteiger partial charge in [-0.1, -0.05) is 0 Å². The fraction of sp³-hybridized carbons (Fsp3) is 0.412. The normalized spacial score (nSPS) is 21.7. The van der Waals surface area contributed by atoms with Gasteiger partial charge < -0.3 is 19.6 Å². The molecule has 140 valence electrons. The molecule has 26 heavy (non-hydrogen) atoms. The van der Waals surface area contributed by atoms with Crippen molar-refractivity contribution in [1.29, 1.82) is 0 Å². The van der Waals surface area contributed by atoms with E-state index in [1.165, 1.54) is 7.11 Å². The van der Waals surface area contributed by atoms with E-state index in [0.29, 0.717) is 22.3 Å². The Morgan fingerprint density at radius 1 is 1.38 bits per heavy atom. The number of ether oxygens (including phenoxy) is 1. The van der Waals surface area contributed by atoms with E-state index in [-0.39, 0.29) is 23.5 Å². The van der Waals surface area contributed by atoms with Crippen molar-refractivity contribution in [1.82, 2.24) is 5.32 Å². The molecule has 0 saturated carbocycles. The minimum absolute atomic E-state index is 0.190. The Labute approximate surface area is 149 Å². The minimum Gasteiger partial charge on any atom is -0.497 e. The van der Waals surface area contributed by atoms with Crippen LogP contribution in [0.25, 0.3) is 11.0 Å². The molecular weight excluding hydrogens is 362 g/mol. The summed E-state index contributed by atoms with van der Waals surface area (Å²) in [6.07, 6.45) is -1.41. The molecule has 2 atom stereocenters. The number of amides is 1. The third kappa shape index (κ3) is 3.58. The highest BCUT2D eigenvalue weighted by Crippen LogP contribution is 2.24. The Morgan fingerprint density at radius 3 is 2.73 bits per heavy atom. The highest BCUT2D eigenvalue weighted by Gasteiger charge is 2.37. The van der Waals surface area contributed by atoms with E-state index in [2.05, 4.69) is 5.32 Å². The van der Waals surface area contributed by atoms with Crippen molar-refractivity contribution in [3.05, 3.63) is 39.7 Å². The summed E-state index contributed by atoms with van der Waals surface area (Å²) in [4.78, 5) is 24.5. The molecule has 1 aromatic carbocycles. The SMILES string of the molecule is COc1ccc2c(C)c(CC(=O)N[C@H]3CS(=O)(=O)C[C@H]3O)c(=O)oc2c1. The number of sulfone groups is 1. The van der Waals surface area contributed by atoms with Gasteiger partial charge in [-0.3, -0.25) is 4.79 Å². The molecule has 2 heterocycles. The number of rotatable bonds is 4. The highest BCUT2D eigenvalue weighted by molar-refractivity contribution is 7.91. The van der Waals surface area contributed by atoms with Crippen LogP contribution in [0.15, 0.2) is 27.4 Å². The van der Waals surface area contributed by atoms with Crippen LogP contribution in [0, 0.1) is 6.92 Å². The van der Waals surface area contributed by atoms with E-state index >= 15 is 0 Å². The smallest absolute Gasteiger partial charge is 0.340 e. The number of hydrogen-bond donors (Lipinski definition) is 2. The lowest BCUT2D eigenvalue weighted by atomic mass is 10.0. The van der Waals surface area contributed by atoms with Crippen LogP contribution in [0.4, 0.5) is 0 Å². The van der Waals surface area contributed by atoms with Gasteiger partial charge >= 0.3 is 5.63 Å². The molecule has 1 fully saturated rings. The molecule has 8 nitrogen and oxygen atoms in total. The summed E-state index contributed by atoms with van der Waals surface area (Å²) in [5.74, 6) is -0.696. The number of benzene rings is 1. The van der Waals surface area contributed by atoms with Crippen LogP contribution in [0.1, 0.15) is 11.1 Å². The Balaban J connectivity index is 1.84. The van der Waals surface area contributed by atoms with Crippen LogP contribution in [0.2, 0.25) is 0 Å². The van der Waals surface area contributed by atoms with E-state index < -0.39 is 33.5 Å². The largest absolute Gasteiger partial charge is 0.497 e. The molecule has 9 heteroatoms. The summed E-state index contributed by atoms with van der Waals surface area (Å²) >= 11 is 0. The molecule has 0 spiro atoms. The number of hydrogen-bond acceptors (Lipinski definition) is 7. The van der Waals surface area contributed by atoms with Gasteiger partial charge in [-0.15, -0.1) is 0 Å². The Bertz CT molecular complexity index is 1030. The maximum atomic E-state index is 12.3. The fourth-order valence-electron chi connectivity index (χ4n) is 3.09. The van der Waals surface area contributed by atoms with Crippen LogP contribution in [-0.2, 0) is 21.1 Å². The summed E-state index contributed by atoms with van der Waals surface area (Å²) in [6, 6.07) is 4.18. The molecule has 1 aliphatic heterocycles. The minimum atomic E-state index is -3.37. The first-order valence-electron chi connectivity index (χ1n) is 7.98. The zero-order valence-electron chi connectivity index (χ0n) is 14.3. The molecule has 1 aliphatic rings. The van der Waals surface area contributed by atoms with Crippen molar-refractivity contribution >= 4 is 26.7 Å². The van der Waals surface area contributed by atoms with Gasteiger partial charge in [0.05, 0.1) is 42.7 Å². The molecule has 0 bridgehead atoms. The van der Waals surface area contributed by atoms with E-state index in [0.717, 1.165) is 0 Å². The van der Waals surface area contributed by atoms with Gasteiger partial charge in [0, 0.05) is 11.5 Å². The van der Waals surface area contributed by atoms with Gasteiger partial charge in [0.15, 0.2) is 9.84 Å². The van der Waals surface area contributed by atoms with Gasteiger partial charge in [-0.05, 0) is 24.6 Å². The predicted octanol–water partition coefficient (Wildman–Crippen LogP) is -0.0734. The van der Waals surface area contributed by atoms with Crippen LogP contribution in [-0.4, -0.2) is 50.2 Å². The summed E-state index contributed by atoms with van der Waals surface area (Å²) in [5.41, 5.74) is 0.510. The van der Waals surface area contributed by atoms with Gasteiger partial charge in [-0.25, -0.2) is 13.2 Å². The second-order valence-electron chi connectivity index (χ2n) is 6.35. The average Bonchev–Trinajstić information content (AvgIpc) is 2.82. The maximum Gasteiger partial charge on any atom is 0.340 e.